The molecule has 4 N–H and O–H groups in total. The Bertz CT molecular complexity index is 964. The monoisotopic (exact) mass is 398 g/mol. The fourth-order valence-electron chi connectivity index (χ4n) is 2.81. The zero-order valence-corrected chi connectivity index (χ0v) is 16.5. The van der Waals surface area contributed by atoms with E-state index in [0.29, 0.717) is 40.1 Å². The number of hydrogen-bond acceptors (Lipinski definition) is 5. The van der Waals surface area contributed by atoms with Crippen molar-refractivity contribution in [1.82, 2.24) is 0 Å². The highest BCUT2D eigenvalue weighted by molar-refractivity contribution is 5.49. The van der Waals surface area contributed by atoms with Crippen molar-refractivity contribution in [3.63, 3.8) is 0 Å². The lowest BCUT2D eigenvalue weighted by Crippen LogP contribution is -1.92. The van der Waals surface area contributed by atoms with Crippen molar-refractivity contribution in [2.75, 3.05) is 11.5 Å². The molecular weight excluding hydrogens is 376 g/mol. The molecule has 4 rings (SSSR count). The second kappa shape index (κ2) is 8.49. The van der Waals surface area contributed by atoms with E-state index in [9.17, 15) is 0 Å². The quantitative estimate of drug-likeness (QED) is 0.361. The van der Waals surface area contributed by atoms with Gasteiger partial charge >= 0.3 is 0 Å². The first kappa shape index (κ1) is 19.2. The lowest BCUT2D eigenvalue weighted by molar-refractivity contribution is 0.440. The Morgan fingerprint density at radius 1 is 0.433 bits per heavy atom. The van der Waals surface area contributed by atoms with Crippen LogP contribution >= 0.6 is 0 Å². The van der Waals surface area contributed by atoms with Crippen molar-refractivity contribution in [3.05, 3.63) is 96.6 Å². The number of benzene rings is 4. The summed E-state index contributed by atoms with van der Waals surface area (Å²) in [5.41, 5.74) is 14.0. The van der Waals surface area contributed by atoms with Gasteiger partial charge in [-0.3, -0.25) is 0 Å². The first-order chi connectivity index (χ1) is 14.5. The molecule has 4 aromatic rings. The molecule has 5 heteroatoms. The maximum atomic E-state index is 6.03. The standard InChI is InChI=1S/C25H22N2O3/c1-17-2-8-20(9-3-17)28-23-14-24(29-21-10-4-18(26)5-11-21)16-25(15-23)30-22-12-6-19(27)7-13-22/h2-16H,26-27H2,1H3. The average molecular weight is 398 g/mol. The summed E-state index contributed by atoms with van der Waals surface area (Å²) in [6, 6.07) is 27.6. The molecule has 5 nitrogen and oxygen atoms in total. The lowest BCUT2D eigenvalue weighted by atomic mass is 10.2. The normalized spacial score (nSPS) is 10.4. The predicted molar refractivity (Wildman–Crippen MR) is 120 cm³/mol. The first-order valence-corrected chi connectivity index (χ1v) is 9.50. The van der Waals surface area contributed by atoms with Gasteiger partial charge in [0.25, 0.3) is 0 Å². The molecule has 0 aliphatic carbocycles. The third-order valence-corrected chi connectivity index (χ3v) is 4.34. The molecule has 150 valence electrons. The molecule has 0 fully saturated rings. The highest BCUT2D eigenvalue weighted by atomic mass is 16.5. The van der Waals surface area contributed by atoms with E-state index < -0.39 is 0 Å². The molecule has 0 aliphatic heterocycles. The Morgan fingerprint density at radius 3 is 1.07 bits per heavy atom. The summed E-state index contributed by atoms with van der Waals surface area (Å²) in [5.74, 6) is 3.80. The number of anilines is 2. The Morgan fingerprint density at radius 2 is 0.733 bits per heavy atom. The Balaban J connectivity index is 1.64. The molecule has 4 aromatic carbocycles. The first-order valence-electron chi connectivity index (χ1n) is 9.50. The van der Waals surface area contributed by atoms with Crippen LogP contribution in [-0.4, -0.2) is 0 Å². The Kier molecular flexibility index (Phi) is 5.44. The van der Waals surface area contributed by atoms with Crippen LogP contribution in [0.4, 0.5) is 11.4 Å². The van der Waals surface area contributed by atoms with Crippen molar-refractivity contribution >= 4 is 11.4 Å². The third kappa shape index (κ3) is 5.02. The van der Waals surface area contributed by atoms with Crippen LogP contribution in [0.5, 0.6) is 34.5 Å². The molecule has 0 bridgehead atoms. The van der Waals surface area contributed by atoms with Gasteiger partial charge in [-0.2, -0.15) is 0 Å². The van der Waals surface area contributed by atoms with Gasteiger partial charge < -0.3 is 25.7 Å². The largest absolute Gasteiger partial charge is 0.457 e. The number of nitrogen functional groups attached to an aromatic ring is 2. The Hall–Kier alpha value is -4.12. The summed E-state index contributed by atoms with van der Waals surface area (Å²) in [7, 11) is 0. The maximum absolute atomic E-state index is 6.03. The van der Waals surface area contributed by atoms with Crippen LogP contribution in [-0.2, 0) is 0 Å². The summed E-state index contributed by atoms with van der Waals surface area (Å²) in [5, 5.41) is 0. The molecule has 0 saturated heterocycles. The van der Waals surface area contributed by atoms with Gasteiger partial charge in [-0.15, -0.1) is 0 Å². The summed E-state index contributed by atoms with van der Waals surface area (Å²) >= 11 is 0. The second-order valence-corrected chi connectivity index (χ2v) is 6.90. The minimum atomic E-state index is 0.579. The van der Waals surface area contributed by atoms with Crippen LogP contribution in [0, 0.1) is 6.92 Å². The van der Waals surface area contributed by atoms with Crippen LogP contribution in [0.3, 0.4) is 0 Å². The number of hydrogen-bond donors (Lipinski definition) is 2. The highest BCUT2D eigenvalue weighted by Crippen LogP contribution is 2.35. The fourth-order valence-corrected chi connectivity index (χ4v) is 2.81. The minimum absolute atomic E-state index is 0.579. The second-order valence-electron chi connectivity index (χ2n) is 6.90. The number of ether oxygens (including phenoxy) is 3. The van der Waals surface area contributed by atoms with Gasteiger partial charge in [0.2, 0.25) is 0 Å². The average Bonchev–Trinajstić information content (AvgIpc) is 2.73. The molecule has 30 heavy (non-hydrogen) atoms. The molecule has 0 radical (unpaired) electrons. The predicted octanol–water partition coefficient (Wildman–Crippen LogP) is 6.54. The fraction of sp³-hybridized carbons (Fsp3) is 0.0400. The van der Waals surface area contributed by atoms with E-state index in [4.69, 9.17) is 25.7 Å². The van der Waals surface area contributed by atoms with Crippen molar-refractivity contribution in [2.24, 2.45) is 0 Å². The van der Waals surface area contributed by atoms with E-state index >= 15 is 0 Å². The van der Waals surface area contributed by atoms with Gasteiger partial charge in [-0.1, -0.05) is 17.7 Å². The van der Waals surface area contributed by atoms with E-state index in [1.807, 2.05) is 67.6 Å². The van der Waals surface area contributed by atoms with E-state index in [1.54, 1.807) is 30.3 Å². The van der Waals surface area contributed by atoms with Gasteiger partial charge in [0.15, 0.2) is 0 Å². The topological polar surface area (TPSA) is 79.7 Å². The van der Waals surface area contributed by atoms with Crippen molar-refractivity contribution in [1.29, 1.82) is 0 Å². The van der Waals surface area contributed by atoms with Gasteiger partial charge in [-0.05, 0) is 67.6 Å². The molecule has 0 aromatic heterocycles. The van der Waals surface area contributed by atoms with Crippen molar-refractivity contribution in [3.8, 4) is 34.5 Å². The summed E-state index contributed by atoms with van der Waals surface area (Å²) in [4.78, 5) is 0. The van der Waals surface area contributed by atoms with Crippen molar-refractivity contribution < 1.29 is 14.2 Å². The molecule has 0 spiro atoms. The SMILES string of the molecule is Cc1ccc(Oc2cc(Oc3ccc(N)cc3)cc(Oc3ccc(N)cc3)c2)cc1. The van der Waals surface area contributed by atoms with Crippen LogP contribution in [0.15, 0.2) is 91.0 Å². The summed E-state index contributed by atoms with van der Waals surface area (Å²) in [6.07, 6.45) is 0. The number of aryl methyl sites for hydroxylation is 1. The molecule has 0 heterocycles. The van der Waals surface area contributed by atoms with E-state index in [-0.39, 0.29) is 0 Å². The molecular formula is C25H22N2O3. The van der Waals surface area contributed by atoms with Gasteiger partial charge in [-0.25, -0.2) is 0 Å². The molecule has 0 aliphatic rings. The molecule has 0 unspecified atom stereocenters. The number of nitrogens with two attached hydrogens (primary N) is 2. The van der Waals surface area contributed by atoms with Gasteiger partial charge in [0.1, 0.15) is 34.5 Å². The maximum Gasteiger partial charge on any atom is 0.134 e. The van der Waals surface area contributed by atoms with E-state index in [1.165, 1.54) is 0 Å². The summed E-state index contributed by atoms with van der Waals surface area (Å²) < 4.78 is 18.0. The highest BCUT2D eigenvalue weighted by Gasteiger charge is 2.08. The lowest BCUT2D eigenvalue weighted by Gasteiger charge is -2.13. The van der Waals surface area contributed by atoms with E-state index in [0.717, 1.165) is 11.3 Å². The van der Waals surface area contributed by atoms with Crippen LogP contribution in [0.1, 0.15) is 5.56 Å². The van der Waals surface area contributed by atoms with Crippen LogP contribution < -0.4 is 25.7 Å². The Labute approximate surface area is 175 Å². The summed E-state index contributed by atoms with van der Waals surface area (Å²) in [6.45, 7) is 2.03. The van der Waals surface area contributed by atoms with E-state index in [2.05, 4.69) is 0 Å². The van der Waals surface area contributed by atoms with Gasteiger partial charge in [0, 0.05) is 29.6 Å². The zero-order valence-electron chi connectivity index (χ0n) is 16.5. The number of rotatable bonds is 6. The van der Waals surface area contributed by atoms with Crippen LogP contribution in [0.2, 0.25) is 0 Å². The molecule has 0 saturated carbocycles. The van der Waals surface area contributed by atoms with Crippen LogP contribution in [0.25, 0.3) is 0 Å². The smallest absolute Gasteiger partial charge is 0.134 e. The third-order valence-electron chi connectivity index (χ3n) is 4.34. The zero-order chi connectivity index (χ0) is 20.9. The van der Waals surface area contributed by atoms with Crippen molar-refractivity contribution in [2.45, 2.75) is 6.92 Å². The molecule has 0 atom stereocenters. The minimum Gasteiger partial charge on any atom is -0.457 e. The van der Waals surface area contributed by atoms with Gasteiger partial charge in [0.05, 0.1) is 0 Å². The molecule has 0 amide bonds.